The van der Waals surface area contributed by atoms with E-state index >= 15 is 0 Å². The number of nitriles is 1. The lowest BCUT2D eigenvalue weighted by molar-refractivity contribution is -0.132. The summed E-state index contributed by atoms with van der Waals surface area (Å²) in [5, 5.41) is 10.1. The molecule has 158 valence electrons. The van der Waals surface area contributed by atoms with Gasteiger partial charge in [-0.15, -0.1) is 0 Å². The fourth-order valence-electron chi connectivity index (χ4n) is 4.87. The van der Waals surface area contributed by atoms with E-state index in [4.69, 9.17) is 5.73 Å². The van der Waals surface area contributed by atoms with Crippen molar-refractivity contribution < 1.29 is 9.59 Å². The van der Waals surface area contributed by atoms with Crippen LogP contribution in [0.15, 0.2) is 18.2 Å². The normalized spacial score (nSPS) is 18.4. The molecule has 2 aliphatic heterocycles. The van der Waals surface area contributed by atoms with Gasteiger partial charge in [-0.05, 0) is 62.9 Å². The van der Waals surface area contributed by atoms with E-state index in [0.717, 1.165) is 31.5 Å². The predicted molar refractivity (Wildman–Crippen MR) is 115 cm³/mol. The van der Waals surface area contributed by atoms with Crippen molar-refractivity contribution in [1.29, 1.82) is 5.26 Å². The highest BCUT2D eigenvalue weighted by molar-refractivity contribution is 6.02. The molecule has 0 bridgehead atoms. The standard InChI is InChI=1S/C23H29N5O2/c24-15-19-18-14-16(4-6-20(18)26-22(19)23(25)30)5-7-21(29)28-12-8-17(9-13-28)27-10-2-1-3-11-27/h4,6,14,17,26H,1-3,5,7-13H2,(H2,25,30). The number of fused-ring (bicyclic) bond motifs is 1. The van der Waals surface area contributed by atoms with Gasteiger partial charge in [0.05, 0.1) is 5.56 Å². The Labute approximate surface area is 176 Å². The molecule has 2 fully saturated rings. The second-order valence-electron chi connectivity index (χ2n) is 8.44. The van der Waals surface area contributed by atoms with Gasteiger partial charge in [-0.25, -0.2) is 0 Å². The zero-order valence-electron chi connectivity index (χ0n) is 17.3. The maximum atomic E-state index is 12.7. The van der Waals surface area contributed by atoms with Gasteiger partial charge in [0.25, 0.3) is 5.91 Å². The first-order chi connectivity index (χ1) is 14.6. The van der Waals surface area contributed by atoms with E-state index in [1.165, 1.54) is 32.4 Å². The van der Waals surface area contributed by atoms with Crippen LogP contribution in [-0.2, 0) is 11.2 Å². The van der Waals surface area contributed by atoms with Crippen LogP contribution in [0.25, 0.3) is 10.9 Å². The molecular formula is C23H29N5O2. The molecule has 0 spiro atoms. The van der Waals surface area contributed by atoms with Crippen LogP contribution in [0.1, 0.15) is 60.1 Å². The molecule has 1 aromatic heterocycles. The Bertz CT molecular complexity index is 975. The van der Waals surface area contributed by atoms with Crippen molar-refractivity contribution in [3.63, 3.8) is 0 Å². The van der Waals surface area contributed by atoms with Crippen molar-refractivity contribution in [1.82, 2.24) is 14.8 Å². The predicted octanol–water partition coefficient (Wildman–Crippen LogP) is 2.55. The van der Waals surface area contributed by atoms with E-state index in [-0.39, 0.29) is 17.2 Å². The number of hydrogen-bond acceptors (Lipinski definition) is 4. The number of primary amides is 1. The number of aromatic amines is 1. The van der Waals surface area contributed by atoms with E-state index in [2.05, 4.69) is 16.0 Å². The van der Waals surface area contributed by atoms with Crippen LogP contribution in [0.3, 0.4) is 0 Å². The van der Waals surface area contributed by atoms with Gasteiger partial charge in [0.2, 0.25) is 5.91 Å². The number of nitrogens with one attached hydrogen (secondary N) is 1. The third-order valence-corrected chi connectivity index (χ3v) is 6.57. The Hall–Kier alpha value is -2.85. The van der Waals surface area contributed by atoms with Gasteiger partial charge in [0.1, 0.15) is 11.8 Å². The summed E-state index contributed by atoms with van der Waals surface area (Å²) in [6.45, 7) is 4.11. The molecule has 0 aliphatic carbocycles. The molecule has 0 saturated carbocycles. The summed E-state index contributed by atoms with van der Waals surface area (Å²) in [4.78, 5) is 31.8. The van der Waals surface area contributed by atoms with Gasteiger partial charge in [0.15, 0.2) is 0 Å². The summed E-state index contributed by atoms with van der Waals surface area (Å²) < 4.78 is 0. The number of carbonyl (C=O) groups is 2. The number of rotatable bonds is 5. The number of hydrogen-bond donors (Lipinski definition) is 2. The zero-order valence-corrected chi connectivity index (χ0v) is 17.3. The first kappa shape index (κ1) is 20.4. The molecular weight excluding hydrogens is 378 g/mol. The number of benzene rings is 1. The molecule has 1 aromatic carbocycles. The first-order valence-electron chi connectivity index (χ1n) is 10.9. The topological polar surface area (TPSA) is 106 Å². The lowest BCUT2D eigenvalue weighted by atomic mass is 9.99. The third kappa shape index (κ3) is 4.19. The van der Waals surface area contributed by atoms with Gasteiger partial charge in [0, 0.05) is 36.5 Å². The quantitative estimate of drug-likeness (QED) is 0.794. The van der Waals surface area contributed by atoms with Crippen LogP contribution in [0.2, 0.25) is 0 Å². The van der Waals surface area contributed by atoms with E-state index in [1.54, 1.807) is 0 Å². The number of aromatic nitrogens is 1. The summed E-state index contributed by atoms with van der Waals surface area (Å²) in [6.07, 6.45) is 7.17. The largest absolute Gasteiger partial charge is 0.364 e. The van der Waals surface area contributed by atoms with Crippen molar-refractivity contribution in [3.8, 4) is 6.07 Å². The van der Waals surface area contributed by atoms with E-state index in [1.807, 2.05) is 23.1 Å². The number of nitrogens with two attached hydrogens (primary N) is 1. The molecule has 7 nitrogen and oxygen atoms in total. The first-order valence-corrected chi connectivity index (χ1v) is 10.9. The molecule has 0 radical (unpaired) electrons. The molecule has 2 aliphatic rings. The molecule has 2 amide bonds. The lowest BCUT2D eigenvalue weighted by Gasteiger charge is -2.40. The lowest BCUT2D eigenvalue weighted by Crippen LogP contribution is -2.48. The van der Waals surface area contributed by atoms with Crippen molar-refractivity contribution in [2.75, 3.05) is 26.2 Å². The highest BCUT2D eigenvalue weighted by atomic mass is 16.2. The molecule has 3 heterocycles. The summed E-state index contributed by atoms with van der Waals surface area (Å²) >= 11 is 0. The molecule has 4 rings (SSSR count). The fraction of sp³-hybridized carbons (Fsp3) is 0.522. The molecule has 3 N–H and O–H groups in total. The van der Waals surface area contributed by atoms with E-state index in [9.17, 15) is 14.9 Å². The monoisotopic (exact) mass is 407 g/mol. The van der Waals surface area contributed by atoms with Crippen molar-refractivity contribution in [2.45, 2.75) is 51.0 Å². The van der Waals surface area contributed by atoms with Crippen LogP contribution in [0.4, 0.5) is 0 Å². The minimum Gasteiger partial charge on any atom is -0.364 e. The van der Waals surface area contributed by atoms with E-state index < -0.39 is 5.91 Å². The minimum atomic E-state index is -0.646. The Morgan fingerprint density at radius 2 is 1.87 bits per heavy atom. The van der Waals surface area contributed by atoms with Gasteiger partial charge in [-0.2, -0.15) is 5.26 Å². The summed E-state index contributed by atoms with van der Waals surface area (Å²) in [7, 11) is 0. The Morgan fingerprint density at radius 3 is 2.53 bits per heavy atom. The molecule has 30 heavy (non-hydrogen) atoms. The summed E-state index contributed by atoms with van der Waals surface area (Å²) in [5.41, 5.74) is 7.44. The molecule has 7 heteroatoms. The fourth-order valence-corrected chi connectivity index (χ4v) is 4.87. The van der Waals surface area contributed by atoms with Gasteiger partial charge in [-0.1, -0.05) is 12.5 Å². The highest BCUT2D eigenvalue weighted by Gasteiger charge is 2.27. The van der Waals surface area contributed by atoms with Crippen molar-refractivity contribution in [3.05, 3.63) is 35.0 Å². The van der Waals surface area contributed by atoms with Crippen LogP contribution in [-0.4, -0.2) is 58.8 Å². The average Bonchev–Trinajstić information content (AvgIpc) is 3.16. The summed E-state index contributed by atoms with van der Waals surface area (Å²) in [5.74, 6) is -0.452. The van der Waals surface area contributed by atoms with Gasteiger partial charge >= 0.3 is 0 Å². The smallest absolute Gasteiger partial charge is 0.266 e. The Kier molecular flexibility index (Phi) is 6.05. The van der Waals surface area contributed by atoms with Crippen LogP contribution < -0.4 is 5.73 Å². The number of piperidine rings is 2. The number of carbonyl (C=O) groups excluding carboxylic acids is 2. The van der Waals surface area contributed by atoms with Gasteiger partial charge in [-0.3, -0.25) is 9.59 Å². The van der Waals surface area contributed by atoms with Crippen LogP contribution in [0.5, 0.6) is 0 Å². The second kappa shape index (κ2) is 8.88. The third-order valence-electron chi connectivity index (χ3n) is 6.57. The zero-order chi connectivity index (χ0) is 21.1. The van der Waals surface area contributed by atoms with Gasteiger partial charge < -0.3 is 20.5 Å². The second-order valence-corrected chi connectivity index (χ2v) is 8.44. The van der Waals surface area contributed by atoms with Crippen molar-refractivity contribution >= 4 is 22.7 Å². The minimum absolute atomic E-state index is 0.136. The average molecular weight is 408 g/mol. The van der Waals surface area contributed by atoms with Crippen LogP contribution in [0, 0.1) is 11.3 Å². The number of likely N-dealkylation sites (tertiary alicyclic amines) is 2. The molecule has 2 aromatic rings. The maximum absolute atomic E-state index is 12.7. The highest BCUT2D eigenvalue weighted by Crippen LogP contribution is 2.24. The Balaban J connectivity index is 1.34. The molecule has 2 saturated heterocycles. The van der Waals surface area contributed by atoms with E-state index in [0.29, 0.717) is 29.8 Å². The number of aryl methyl sites for hydroxylation is 1. The number of H-pyrrole nitrogens is 1. The Morgan fingerprint density at radius 1 is 1.13 bits per heavy atom. The maximum Gasteiger partial charge on any atom is 0.266 e. The van der Waals surface area contributed by atoms with Crippen molar-refractivity contribution in [2.24, 2.45) is 5.73 Å². The molecule has 0 unspecified atom stereocenters. The number of nitrogens with zero attached hydrogens (tertiary/aromatic N) is 3. The molecule has 0 atom stereocenters. The SMILES string of the molecule is N#Cc1c(C(N)=O)[nH]c2ccc(CCC(=O)N3CCC(N4CCCCC4)CC3)cc12. The summed E-state index contributed by atoms with van der Waals surface area (Å²) in [6, 6.07) is 8.35. The van der Waals surface area contributed by atoms with Crippen LogP contribution >= 0.6 is 0 Å². The number of amides is 2.